The van der Waals surface area contributed by atoms with Crippen molar-refractivity contribution >= 4 is 20.2 Å². The van der Waals surface area contributed by atoms with Crippen LogP contribution in [0.2, 0.25) is 0 Å². The van der Waals surface area contributed by atoms with Gasteiger partial charge in [0.25, 0.3) is 20.2 Å². The molecule has 0 aliphatic rings. The molecule has 0 fully saturated rings. The molecular weight excluding hydrogens is 294 g/mol. The molecule has 0 unspecified atom stereocenters. The maximum atomic E-state index is 10.7. The van der Waals surface area contributed by atoms with Gasteiger partial charge in [0.05, 0.1) is 0 Å². The third-order valence-electron chi connectivity index (χ3n) is 1.52. The summed E-state index contributed by atoms with van der Waals surface area (Å²) in [5.41, 5.74) is 0. The smallest absolute Gasteiger partial charge is 1.00 e. The zero-order chi connectivity index (χ0) is 11.9. The van der Waals surface area contributed by atoms with Gasteiger partial charge in [0, 0.05) is 0 Å². The normalized spacial score (nSPS) is 11.2. The summed E-state index contributed by atoms with van der Waals surface area (Å²) in [5, 5.41) is 9.18. The Labute approximate surface area is 145 Å². The van der Waals surface area contributed by atoms with Gasteiger partial charge in [0.15, 0.2) is 5.75 Å². The quantitative estimate of drug-likeness (QED) is 0.366. The number of aromatic hydroxyl groups is 1. The Morgan fingerprint density at radius 3 is 1.41 bits per heavy atom. The second-order valence-electron chi connectivity index (χ2n) is 2.55. The molecule has 0 saturated carbocycles. The number of benzene rings is 1. The van der Waals surface area contributed by atoms with Crippen molar-refractivity contribution < 1.29 is 93.0 Å². The van der Waals surface area contributed by atoms with Crippen LogP contribution in [0.4, 0.5) is 0 Å². The molecule has 0 heterocycles. The van der Waals surface area contributed by atoms with Crippen molar-refractivity contribution in [1.82, 2.24) is 0 Å². The van der Waals surface area contributed by atoms with Crippen LogP contribution in [-0.4, -0.2) is 31.0 Å². The maximum absolute atomic E-state index is 10.7. The monoisotopic (exact) mass is 302 g/mol. The molecule has 0 aromatic heterocycles. The van der Waals surface area contributed by atoms with E-state index >= 15 is 0 Å². The zero-order valence-corrected chi connectivity index (χ0v) is 14.7. The fraction of sp³-hybridized carbons (Fsp3) is 0. The Hall–Kier alpha value is 0.840. The third-order valence-corrected chi connectivity index (χ3v) is 3.29. The molecule has 0 amide bonds. The van der Waals surface area contributed by atoms with Gasteiger partial charge in [-0.3, -0.25) is 9.11 Å². The minimum Gasteiger partial charge on any atom is -1.00 e. The first-order valence-electron chi connectivity index (χ1n) is 3.41. The molecule has 11 heteroatoms. The number of hydrogen-bond acceptors (Lipinski definition) is 5. The summed E-state index contributed by atoms with van der Waals surface area (Å²) in [7, 11) is -9.48. The standard InChI is InChI=1S/C6H6O7S2.2Na.2H/c7-6-4(14(8,9)10)2-1-3-5(6)15(11,12)13;;;;/h1-3,7H,(H,8,9,10)(H,11,12,13);;;;/q;2*+1;2*-1. The fourth-order valence-electron chi connectivity index (χ4n) is 0.919. The van der Waals surface area contributed by atoms with Crippen LogP contribution >= 0.6 is 0 Å². The second kappa shape index (κ2) is 6.85. The van der Waals surface area contributed by atoms with Crippen molar-refractivity contribution in [3.8, 4) is 5.75 Å². The first kappa shape index (κ1) is 20.2. The maximum Gasteiger partial charge on any atom is 1.00 e. The van der Waals surface area contributed by atoms with Gasteiger partial charge in [-0.2, -0.15) is 16.8 Å². The van der Waals surface area contributed by atoms with Gasteiger partial charge in [-0.25, -0.2) is 0 Å². The molecule has 0 aliphatic carbocycles. The van der Waals surface area contributed by atoms with E-state index in [9.17, 15) is 21.9 Å². The molecule has 0 spiro atoms. The number of phenolic OH excluding ortho intramolecular Hbond substituents is 1. The molecule has 1 aromatic rings. The summed E-state index contributed by atoms with van der Waals surface area (Å²) in [4.78, 5) is -1.98. The van der Waals surface area contributed by atoms with Crippen LogP contribution in [0.25, 0.3) is 0 Å². The minimum atomic E-state index is -4.74. The van der Waals surface area contributed by atoms with Crippen LogP contribution in [0.15, 0.2) is 28.0 Å². The summed E-state index contributed by atoms with van der Waals surface area (Å²) >= 11 is 0. The SMILES string of the molecule is O=S(=O)(O)c1cccc(S(=O)(=O)O)c1O.[H-].[H-].[Na+].[Na+]. The van der Waals surface area contributed by atoms with Gasteiger partial charge in [0.2, 0.25) is 0 Å². The third kappa shape index (κ3) is 5.15. The van der Waals surface area contributed by atoms with E-state index in [0.717, 1.165) is 18.2 Å². The number of para-hydroxylation sites is 1. The van der Waals surface area contributed by atoms with Crippen molar-refractivity contribution in [2.24, 2.45) is 0 Å². The predicted octanol–water partition coefficient (Wildman–Crippen LogP) is -5.88. The van der Waals surface area contributed by atoms with Crippen LogP contribution in [0.1, 0.15) is 2.85 Å². The van der Waals surface area contributed by atoms with Gasteiger partial charge >= 0.3 is 59.1 Å². The zero-order valence-electron chi connectivity index (χ0n) is 11.0. The van der Waals surface area contributed by atoms with Crippen LogP contribution in [0, 0.1) is 0 Å². The van der Waals surface area contributed by atoms with E-state index < -0.39 is 35.8 Å². The van der Waals surface area contributed by atoms with Crippen LogP contribution < -0.4 is 59.1 Å². The van der Waals surface area contributed by atoms with Crippen molar-refractivity contribution in [3.63, 3.8) is 0 Å². The van der Waals surface area contributed by atoms with Crippen LogP contribution in [0.5, 0.6) is 5.75 Å². The first-order valence-corrected chi connectivity index (χ1v) is 6.29. The van der Waals surface area contributed by atoms with E-state index in [1.165, 1.54) is 0 Å². The summed E-state index contributed by atoms with van der Waals surface area (Å²) in [6, 6.07) is 2.53. The van der Waals surface area contributed by atoms with Crippen molar-refractivity contribution in [2.75, 3.05) is 0 Å². The first-order chi connectivity index (χ1) is 6.64. The Morgan fingerprint density at radius 2 is 1.18 bits per heavy atom. The molecule has 3 N–H and O–H groups in total. The number of rotatable bonds is 2. The van der Waals surface area contributed by atoms with Gasteiger partial charge in [-0.15, -0.1) is 0 Å². The molecule has 1 aromatic carbocycles. The summed E-state index contributed by atoms with van der Waals surface area (Å²) in [6.45, 7) is 0. The predicted molar refractivity (Wildman–Crippen MR) is 50.0 cm³/mol. The van der Waals surface area contributed by atoms with Gasteiger partial charge in [-0.1, -0.05) is 6.07 Å². The molecule has 0 radical (unpaired) electrons. The Bertz CT molecular complexity index is 552. The van der Waals surface area contributed by atoms with Gasteiger partial charge in [0.1, 0.15) is 9.79 Å². The Morgan fingerprint density at radius 1 is 0.882 bits per heavy atom. The second-order valence-corrected chi connectivity index (χ2v) is 5.33. The van der Waals surface area contributed by atoms with E-state index in [0.29, 0.717) is 0 Å². The molecule has 7 nitrogen and oxygen atoms in total. The van der Waals surface area contributed by atoms with Gasteiger partial charge < -0.3 is 7.96 Å². The Balaban J connectivity index is -0.000000281. The van der Waals surface area contributed by atoms with Crippen molar-refractivity contribution in [2.45, 2.75) is 9.79 Å². The van der Waals surface area contributed by atoms with Crippen molar-refractivity contribution in [3.05, 3.63) is 18.2 Å². The van der Waals surface area contributed by atoms with Crippen molar-refractivity contribution in [1.29, 1.82) is 0 Å². The number of phenols is 1. The minimum absolute atomic E-state index is 0. The van der Waals surface area contributed by atoms with Crippen LogP contribution in [-0.2, 0) is 20.2 Å². The number of hydrogen-bond donors (Lipinski definition) is 3. The summed E-state index contributed by atoms with van der Waals surface area (Å²) in [5.74, 6) is -1.22. The average Bonchev–Trinajstić information content (AvgIpc) is 1.99. The largest absolute Gasteiger partial charge is 1.00 e. The molecule has 0 saturated heterocycles. The van der Waals surface area contributed by atoms with E-state index in [4.69, 9.17) is 9.11 Å². The molecule has 88 valence electrons. The van der Waals surface area contributed by atoms with E-state index in [1.807, 2.05) is 0 Å². The topological polar surface area (TPSA) is 129 Å². The molecule has 0 bridgehead atoms. The summed E-state index contributed by atoms with van der Waals surface area (Å²) < 4.78 is 59.8. The molecule has 0 aliphatic heterocycles. The van der Waals surface area contributed by atoms with E-state index in [2.05, 4.69) is 0 Å². The molecule has 17 heavy (non-hydrogen) atoms. The van der Waals surface area contributed by atoms with E-state index in [1.54, 1.807) is 0 Å². The van der Waals surface area contributed by atoms with E-state index in [-0.39, 0.29) is 62.0 Å². The molecular formula is C6H8Na2O7S2. The Kier molecular flexibility index (Phi) is 8.12. The summed E-state index contributed by atoms with van der Waals surface area (Å²) in [6.07, 6.45) is 0. The van der Waals surface area contributed by atoms with Gasteiger partial charge in [-0.05, 0) is 12.1 Å². The fourth-order valence-corrected chi connectivity index (χ4v) is 2.19. The van der Waals surface area contributed by atoms with Crippen LogP contribution in [0.3, 0.4) is 0 Å². The molecule has 1 rings (SSSR count). The molecule has 0 atom stereocenters. The average molecular weight is 302 g/mol.